The van der Waals surface area contributed by atoms with Gasteiger partial charge in [0.2, 0.25) is 0 Å². The van der Waals surface area contributed by atoms with Gasteiger partial charge in [0, 0.05) is 18.3 Å². The lowest BCUT2D eigenvalue weighted by molar-refractivity contribution is 0.0324. The fourth-order valence-electron chi connectivity index (χ4n) is 4.10. The number of fused-ring (bicyclic) bond motifs is 2. The van der Waals surface area contributed by atoms with Crippen LogP contribution in [0.15, 0.2) is 36.8 Å². The minimum atomic E-state index is -0.721. The standard InChI is InChI=1S/C20H21N5O2S/c1-20(2)14-10-21-11-22-17(14)25(19(26)27-20)13-8-7-12(9-13)23-18-24-15-5-3-4-6-16(15)28-18/h3-6,10-13H,7-9H2,1-2H3,(H,23,24). The summed E-state index contributed by atoms with van der Waals surface area (Å²) < 4.78 is 6.87. The van der Waals surface area contributed by atoms with Crippen molar-refractivity contribution in [1.29, 1.82) is 0 Å². The van der Waals surface area contributed by atoms with Crippen LogP contribution in [0, 0.1) is 0 Å². The second kappa shape index (κ2) is 6.41. The first-order chi connectivity index (χ1) is 13.5. The monoisotopic (exact) mass is 395 g/mol. The van der Waals surface area contributed by atoms with Crippen LogP contribution in [0.5, 0.6) is 0 Å². The van der Waals surface area contributed by atoms with Crippen LogP contribution in [0.2, 0.25) is 0 Å². The lowest BCUT2D eigenvalue weighted by atomic mass is 9.97. The zero-order chi connectivity index (χ0) is 19.3. The molecule has 8 heteroatoms. The molecule has 1 saturated carbocycles. The Bertz CT molecular complexity index is 1020. The van der Waals surface area contributed by atoms with E-state index < -0.39 is 5.60 Å². The van der Waals surface area contributed by atoms with Crippen LogP contribution in [0.3, 0.4) is 0 Å². The maximum atomic E-state index is 12.8. The Labute approximate surface area is 166 Å². The summed E-state index contributed by atoms with van der Waals surface area (Å²) in [7, 11) is 0. The zero-order valence-corrected chi connectivity index (χ0v) is 16.6. The number of aromatic nitrogens is 3. The number of amides is 1. The Morgan fingerprint density at radius 1 is 1.29 bits per heavy atom. The van der Waals surface area contributed by atoms with Gasteiger partial charge in [-0.2, -0.15) is 0 Å². The van der Waals surface area contributed by atoms with E-state index in [0.717, 1.165) is 35.5 Å². The number of rotatable bonds is 3. The van der Waals surface area contributed by atoms with E-state index in [0.29, 0.717) is 5.82 Å². The molecule has 2 aromatic heterocycles. The number of cyclic esters (lactones) is 1. The third-order valence-corrected chi connectivity index (χ3v) is 6.47. The molecule has 0 spiro atoms. The molecule has 5 rings (SSSR count). The number of carbonyl (C=O) groups excluding carboxylic acids is 1. The van der Waals surface area contributed by atoms with Crippen LogP contribution < -0.4 is 10.2 Å². The van der Waals surface area contributed by atoms with Crippen LogP contribution in [-0.2, 0) is 10.3 Å². The van der Waals surface area contributed by atoms with Gasteiger partial charge in [-0.1, -0.05) is 23.5 Å². The number of nitrogens with zero attached hydrogens (tertiary/aromatic N) is 4. The molecule has 2 aliphatic rings. The van der Waals surface area contributed by atoms with Crippen LogP contribution in [0.4, 0.5) is 15.7 Å². The van der Waals surface area contributed by atoms with Crippen LogP contribution >= 0.6 is 11.3 Å². The van der Waals surface area contributed by atoms with Gasteiger partial charge in [0.1, 0.15) is 17.7 Å². The molecule has 144 valence electrons. The highest BCUT2D eigenvalue weighted by molar-refractivity contribution is 7.22. The number of nitrogens with one attached hydrogen (secondary N) is 1. The van der Waals surface area contributed by atoms with Gasteiger partial charge >= 0.3 is 6.09 Å². The van der Waals surface area contributed by atoms with Crippen molar-refractivity contribution in [3.8, 4) is 0 Å². The molecule has 1 N–H and O–H groups in total. The number of ether oxygens (including phenoxy) is 1. The first-order valence-corrected chi connectivity index (χ1v) is 10.3. The second-order valence-electron chi connectivity index (χ2n) is 7.80. The molecule has 2 unspecified atom stereocenters. The lowest BCUT2D eigenvalue weighted by Crippen LogP contribution is -2.48. The summed E-state index contributed by atoms with van der Waals surface area (Å²) in [6.45, 7) is 3.74. The molecule has 0 saturated heterocycles. The number of para-hydroxylation sites is 1. The van der Waals surface area contributed by atoms with Crippen LogP contribution in [0.25, 0.3) is 10.2 Å². The van der Waals surface area contributed by atoms with Gasteiger partial charge < -0.3 is 10.1 Å². The summed E-state index contributed by atoms with van der Waals surface area (Å²) in [5, 5.41) is 4.48. The van der Waals surface area contributed by atoms with Crippen molar-refractivity contribution in [2.75, 3.05) is 10.2 Å². The van der Waals surface area contributed by atoms with Gasteiger partial charge in [-0.3, -0.25) is 4.90 Å². The summed E-state index contributed by atoms with van der Waals surface area (Å²) in [6.07, 6.45) is 5.59. The number of carbonyl (C=O) groups is 1. The Kier molecular flexibility index (Phi) is 3.97. The molecule has 1 aromatic carbocycles. The van der Waals surface area contributed by atoms with Crippen molar-refractivity contribution in [2.24, 2.45) is 0 Å². The molecular weight excluding hydrogens is 374 g/mol. The van der Waals surface area contributed by atoms with Gasteiger partial charge in [-0.25, -0.2) is 19.7 Å². The molecule has 0 bridgehead atoms. The summed E-state index contributed by atoms with van der Waals surface area (Å²) in [5.41, 5.74) is 1.13. The fraction of sp³-hybridized carbons (Fsp3) is 0.400. The summed E-state index contributed by atoms with van der Waals surface area (Å²) in [4.78, 5) is 27.7. The maximum absolute atomic E-state index is 12.8. The predicted molar refractivity (Wildman–Crippen MR) is 109 cm³/mol. The molecule has 1 aliphatic heterocycles. The highest BCUT2D eigenvalue weighted by atomic mass is 32.1. The third kappa shape index (κ3) is 2.88. The van der Waals surface area contributed by atoms with Crippen molar-refractivity contribution in [3.05, 3.63) is 42.4 Å². The molecule has 28 heavy (non-hydrogen) atoms. The largest absolute Gasteiger partial charge is 0.438 e. The fourth-order valence-corrected chi connectivity index (χ4v) is 5.05. The van der Waals surface area contributed by atoms with Crippen molar-refractivity contribution >= 4 is 38.6 Å². The SMILES string of the molecule is CC1(C)OC(=O)N(C2CCC(Nc3nc4ccccc4s3)C2)c2ncncc21. The summed E-state index contributed by atoms with van der Waals surface area (Å²) in [6, 6.07) is 8.44. The molecule has 7 nitrogen and oxygen atoms in total. The first kappa shape index (κ1) is 17.4. The minimum Gasteiger partial charge on any atom is -0.438 e. The average Bonchev–Trinajstić information content (AvgIpc) is 3.28. The average molecular weight is 395 g/mol. The Hall–Kier alpha value is -2.74. The van der Waals surface area contributed by atoms with Crippen LogP contribution in [0.1, 0.15) is 38.7 Å². The number of thiazole rings is 1. The lowest BCUT2D eigenvalue weighted by Gasteiger charge is -2.39. The molecule has 1 aliphatic carbocycles. The van der Waals surface area contributed by atoms with E-state index in [1.165, 1.54) is 11.0 Å². The molecule has 3 aromatic rings. The van der Waals surface area contributed by atoms with E-state index in [2.05, 4.69) is 26.3 Å². The molecule has 1 amide bonds. The zero-order valence-electron chi connectivity index (χ0n) is 15.8. The highest BCUT2D eigenvalue weighted by Gasteiger charge is 2.44. The van der Waals surface area contributed by atoms with E-state index >= 15 is 0 Å². The molecule has 2 atom stereocenters. The molecule has 1 fully saturated rings. The van der Waals surface area contributed by atoms with Gasteiger partial charge in [0.15, 0.2) is 5.13 Å². The summed E-state index contributed by atoms with van der Waals surface area (Å²) in [5.74, 6) is 0.668. The van der Waals surface area contributed by atoms with Crippen molar-refractivity contribution < 1.29 is 9.53 Å². The smallest absolute Gasteiger partial charge is 0.416 e. The Morgan fingerprint density at radius 2 is 2.14 bits per heavy atom. The van der Waals surface area contributed by atoms with E-state index in [1.54, 1.807) is 22.4 Å². The van der Waals surface area contributed by atoms with E-state index in [-0.39, 0.29) is 18.2 Å². The normalized spacial score (nSPS) is 23.5. The molecule has 3 heterocycles. The second-order valence-corrected chi connectivity index (χ2v) is 8.83. The topological polar surface area (TPSA) is 80.2 Å². The van der Waals surface area contributed by atoms with E-state index in [1.807, 2.05) is 32.0 Å². The summed E-state index contributed by atoms with van der Waals surface area (Å²) >= 11 is 1.66. The first-order valence-electron chi connectivity index (χ1n) is 9.46. The van der Waals surface area contributed by atoms with Crippen molar-refractivity contribution in [2.45, 2.75) is 50.8 Å². The number of hydrogen-bond acceptors (Lipinski definition) is 7. The van der Waals surface area contributed by atoms with E-state index in [4.69, 9.17) is 4.74 Å². The molecule has 0 radical (unpaired) electrons. The number of anilines is 2. The molecular formula is C20H21N5O2S. The Balaban J connectivity index is 1.36. The van der Waals surface area contributed by atoms with Crippen molar-refractivity contribution in [1.82, 2.24) is 15.0 Å². The van der Waals surface area contributed by atoms with Crippen molar-refractivity contribution in [3.63, 3.8) is 0 Å². The highest BCUT2D eigenvalue weighted by Crippen LogP contribution is 2.40. The predicted octanol–water partition coefficient (Wildman–Crippen LogP) is 4.31. The number of benzene rings is 1. The van der Waals surface area contributed by atoms with Gasteiger partial charge in [-0.15, -0.1) is 0 Å². The minimum absolute atomic E-state index is 0.0455. The van der Waals surface area contributed by atoms with Gasteiger partial charge in [0.25, 0.3) is 0 Å². The van der Waals surface area contributed by atoms with E-state index in [9.17, 15) is 4.79 Å². The third-order valence-electron chi connectivity index (χ3n) is 5.50. The van der Waals surface area contributed by atoms with Gasteiger partial charge in [-0.05, 0) is 45.2 Å². The Morgan fingerprint density at radius 3 is 3.00 bits per heavy atom. The number of hydrogen-bond donors (Lipinski definition) is 1. The quantitative estimate of drug-likeness (QED) is 0.712. The maximum Gasteiger partial charge on any atom is 0.416 e. The van der Waals surface area contributed by atoms with Crippen LogP contribution in [-0.4, -0.2) is 33.1 Å². The van der Waals surface area contributed by atoms with Gasteiger partial charge in [0.05, 0.1) is 15.8 Å².